The largest absolute Gasteiger partial charge is 0.398 e. The Morgan fingerprint density at radius 1 is 1.29 bits per heavy atom. The summed E-state index contributed by atoms with van der Waals surface area (Å²) in [6.45, 7) is 0. The molecule has 0 aromatic heterocycles. The molecule has 0 saturated heterocycles. The number of rotatable bonds is 4. The van der Waals surface area contributed by atoms with Crippen molar-refractivity contribution in [3.05, 3.63) is 62.4 Å². The first-order valence-corrected chi connectivity index (χ1v) is 7.86. The maximum Gasteiger partial charge on any atom is 0.304 e. The summed E-state index contributed by atoms with van der Waals surface area (Å²) in [6.07, 6.45) is 0. The number of halogens is 2. The maximum atomic E-state index is 13.5. The van der Waals surface area contributed by atoms with Crippen molar-refractivity contribution in [1.82, 2.24) is 0 Å². The molecule has 0 aliphatic carbocycles. The number of nitro benzene ring substituents is 1. The normalized spacial score (nSPS) is 12.1. The summed E-state index contributed by atoms with van der Waals surface area (Å²) in [5.41, 5.74) is 5.95. The Hall–Kier alpha value is -1.80. The fraction of sp³-hybridized carbons (Fsp3) is 0.0769. The van der Waals surface area contributed by atoms with Crippen LogP contribution in [0.4, 0.5) is 15.8 Å². The Bertz CT molecular complexity index is 739. The zero-order valence-electron chi connectivity index (χ0n) is 10.6. The summed E-state index contributed by atoms with van der Waals surface area (Å²) in [4.78, 5) is 10.2. The predicted octanol–water partition coefficient (Wildman–Crippen LogP) is 3.39. The van der Waals surface area contributed by atoms with Crippen molar-refractivity contribution in [1.29, 1.82) is 0 Å². The van der Waals surface area contributed by atoms with Crippen LogP contribution in [0.5, 0.6) is 0 Å². The van der Waals surface area contributed by atoms with Gasteiger partial charge < -0.3 is 5.73 Å². The third kappa shape index (κ3) is 3.64. The molecule has 2 rings (SSSR count). The van der Waals surface area contributed by atoms with E-state index in [4.69, 9.17) is 5.73 Å². The number of hydrogen-bond acceptors (Lipinski definition) is 4. The average molecular weight is 373 g/mol. The molecular formula is C13H10BrFN2O3S. The first-order valence-electron chi connectivity index (χ1n) is 5.74. The molecule has 2 aromatic carbocycles. The van der Waals surface area contributed by atoms with Gasteiger partial charge in [0.1, 0.15) is 0 Å². The second kappa shape index (κ2) is 6.31. The van der Waals surface area contributed by atoms with Crippen LogP contribution in [0.15, 0.2) is 45.8 Å². The Balaban J connectivity index is 2.23. The van der Waals surface area contributed by atoms with Crippen LogP contribution < -0.4 is 5.73 Å². The zero-order valence-corrected chi connectivity index (χ0v) is 13.0. The summed E-state index contributed by atoms with van der Waals surface area (Å²) in [7, 11) is -1.46. The van der Waals surface area contributed by atoms with Gasteiger partial charge in [-0.15, -0.1) is 0 Å². The molecular weight excluding hydrogens is 363 g/mol. The first-order chi connectivity index (χ1) is 9.88. The predicted molar refractivity (Wildman–Crippen MR) is 81.7 cm³/mol. The summed E-state index contributed by atoms with van der Waals surface area (Å²) in [6, 6.07) is 8.42. The van der Waals surface area contributed by atoms with Crippen LogP contribution in [0.1, 0.15) is 5.56 Å². The maximum absolute atomic E-state index is 13.5. The second-order valence-corrected chi connectivity index (χ2v) is 6.55. The Labute approximate surface area is 130 Å². The second-order valence-electron chi connectivity index (χ2n) is 4.21. The van der Waals surface area contributed by atoms with Crippen molar-refractivity contribution in [3.8, 4) is 0 Å². The molecule has 0 fully saturated rings. The molecule has 0 radical (unpaired) electrons. The molecule has 1 atom stereocenters. The van der Waals surface area contributed by atoms with Gasteiger partial charge in [0.25, 0.3) is 0 Å². The monoisotopic (exact) mass is 372 g/mol. The Morgan fingerprint density at radius 2 is 2.00 bits per heavy atom. The van der Waals surface area contributed by atoms with E-state index in [9.17, 15) is 18.7 Å². The van der Waals surface area contributed by atoms with Gasteiger partial charge in [0, 0.05) is 16.2 Å². The zero-order chi connectivity index (χ0) is 15.6. The molecule has 8 heteroatoms. The van der Waals surface area contributed by atoms with Gasteiger partial charge in [-0.3, -0.25) is 14.3 Å². The van der Waals surface area contributed by atoms with Crippen molar-refractivity contribution in [2.45, 2.75) is 10.6 Å². The third-order valence-corrected chi connectivity index (χ3v) is 4.67. The van der Waals surface area contributed by atoms with Crippen LogP contribution in [0.2, 0.25) is 0 Å². The van der Waals surface area contributed by atoms with E-state index < -0.39 is 27.2 Å². The van der Waals surface area contributed by atoms with Gasteiger partial charge in [0.2, 0.25) is 5.82 Å². The summed E-state index contributed by atoms with van der Waals surface area (Å²) < 4.78 is 26.5. The highest BCUT2D eigenvalue weighted by molar-refractivity contribution is 9.10. The Morgan fingerprint density at radius 3 is 2.57 bits per heavy atom. The number of anilines is 1. The third-order valence-electron chi connectivity index (χ3n) is 2.72. The molecule has 0 saturated carbocycles. The van der Waals surface area contributed by atoms with E-state index in [-0.39, 0.29) is 5.75 Å². The number of hydrogen-bond donors (Lipinski definition) is 1. The minimum Gasteiger partial charge on any atom is -0.398 e. The standard InChI is InChI=1S/C13H10BrFN2O3S/c14-9-2-4-13(11(16)6-9)21(20)7-8-1-3-12(17(18)19)10(15)5-8/h1-6H,7,16H2. The summed E-state index contributed by atoms with van der Waals surface area (Å²) in [5, 5.41) is 10.5. The van der Waals surface area contributed by atoms with Crippen LogP contribution in [-0.4, -0.2) is 9.13 Å². The smallest absolute Gasteiger partial charge is 0.304 e. The lowest BCUT2D eigenvalue weighted by atomic mass is 10.2. The topological polar surface area (TPSA) is 86.2 Å². The van der Waals surface area contributed by atoms with Crippen molar-refractivity contribution >= 4 is 38.1 Å². The van der Waals surface area contributed by atoms with E-state index in [1.807, 2.05) is 0 Å². The van der Waals surface area contributed by atoms with E-state index in [0.717, 1.165) is 16.6 Å². The van der Waals surface area contributed by atoms with Crippen LogP contribution in [-0.2, 0) is 16.6 Å². The van der Waals surface area contributed by atoms with Gasteiger partial charge in [-0.2, -0.15) is 4.39 Å². The van der Waals surface area contributed by atoms with Gasteiger partial charge in [-0.1, -0.05) is 22.0 Å². The minimum atomic E-state index is -1.46. The van der Waals surface area contributed by atoms with Crippen molar-refractivity contribution in [3.63, 3.8) is 0 Å². The molecule has 1 unspecified atom stereocenters. The number of nitrogens with two attached hydrogens (primary N) is 1. The highest BCUT2D eigenvalue weighted by Gasteiger charge is 2.16. The molecule has 0 bridgehead atoms. The average Bonchev–Trinajstić information content (AvgIpc) is 2.37. The lowest BCUT2D eigenvalue weighted by Gasteiger charge is -2.06. The van der Waals surface area contributed by atoms with E-state index in [1.165, 1.54) is 6.07 Å². The molecule has 2 aromatic rings. The van der Waals surface area contributed by atoms with Gasteiger partial charge >= 0.3 is 5.69 Å². The quantitative estimate of drug-likeness (QED) is 0.506. The van der Waals surface area contributed by atoms with E-state index in [2.05, 4.69) is 15.9 Å². The molecule has 0 aliphatic rings. The molecule has 21 heavy (non-hydrogen) atoms. The van der Waals surface area contributed by atoms with E-state index >= 15 is 0 Å². The highest BCUT2D eigenvalue weighted by atomic mass is 79.9. The van der Waals surface area contributed by atoms with E-state index in [1.54, 1.807) is 18.2 Å². The molecule has 0 heterocycles. The Kier molecular flexibility index (Phi) is 4.69. The van der Waals surface area contributed by atoms with Crippen molar-refractivity contribution in [2.24, 2.45) is 0 Å². The van der Waals surface area contributed by atoms with Crippen molar-refractivity contribution < 1.29 is 13.5 Å². The van der Waals surface area contributed by atoms with Crippen LogP contribution in [0, 0.1) is 15.9 Å². The van der Waals surface area contributed by atoms with Gasteiger partial charge in [0.05, 0.1) is 26.4 Å². The van der Waals surface area contributed by atoms with Crippen molar-refractivity contribution in [2.75, 3.05) is 5.73 Å². The molecule has 0 spiro atoms. The SMILES string of the molecule is Nc1cc(Br)ccc1S(=O)Cc1ccc([N+](=O)[O-])c(F)c1. The molecule has 5 nitrogen and oxygen atoms in total. The molecule has 0 aliphatic heterocycles. The van der Waals surface area contributed by atoms with Crippen LogP contribution in [0.3, 0.4) is 0 Å². The van der Waals surface area contributed by atoms with Crippen LogP contribution in [0.25, 0.3) is 0 Å². The lowest BCUT2D eigenvalue weighted by Crippen LogP contribution is -2.02. The lowest BCUT2D eigenvalue weighted by molar-refractivity contribution is -0.387. The van der Waals surface area contributed by atoms with E-state index in [0.29, 0.717) is 16.1 Å². The number of nitrogen functional groups attached to an aromatic ring is 1. The highest BCUT2D eigenvalue weighted by Crippen LogP contribution is 2.24. The molecule has 0 amide bonds. The number of nitrogens with zero attached hydrogens (tertiary/aromatic N) is 1. The molecule has 110 valence electrons. The molecule has 2 N–H and O–H groups in total. The van der Waals surface area contributed by atoms with Gasteiger partial charge in [-0.05, 0) is 29.8 Å². The fourth-order valence-electron chi connectivity index (χ4n) is 1.74. The number of nitro groups is 1. The summed E-state index contributed by atoms with van der Waals surface area (Å²) >= 11 is 3.25. The van der Waals surface area contributed by atoms with Gasteiger partial charge in [0.15, 0.2) is 0 Å². The summed E-state index contributed by atoms with van der Waals surface area (Å²) in [5.74, 6) is -0.918. The fourth-order valence-corrected chi connectivity index (χ4v) is 3.30. The first kappa shape index (κ1) is 15.6. The van der Waals surface area contributed by atoms with Gasteiger partial charge in [-0.25, -0.2) is 0 Å². The minimum absolute atomic E-state index is 0.0285. The van der Waals surface area contributed by atoms with Crippen LogP contribution >= 0.6 is 15.9 Å². The number of benzene rings is 2.